The molecular weight excluding hydrogens is 186 g/mol. The zero-order valence-corrected chi connectivity index (χ0v) is 9.71. The number of benzene rings is 1. The molecule has 15 heavy (non-hydrogen) atoms. The summed E-state index contributed by atoms with van der Waals surface area (Å²) in [5.74, 6) is 0.991. The summed E-state index contributed by atoms with van der Waals surface area (Å²) < 4.78 is 5.45. The monoisotopic (exact) mass is 205 g/mol. The number of rotatable bonds is 3. The molecule has 1 atom stereocenters. The maximum Gasteiger partial charge on any atom is 0.122 e. The lowest BCUT2D eigenvalue weighted by atomic mass is 9.86. The molecule has 1 aliphatic rings. The maximum atomic E-state index is 6.10. The molecule has 1 unspecified atom stereocenters. The third-order valence-corrected chi connectivity index (χ3v) is 3.61. The highest BCUT2D eigenvalue weighted by molar-refractivity contribution is 5.49. The Bertz CT molecular complexity index is 367. The van der Waals surface area contributed by atoms with Gasteiger partial charge in [0.05, 0.1) is 7.11 Å². The van der Waals surface area contributed by atoms with Gasteiger partial charge in [0.25, 0.3) is 0 Å². The van der Waals surface area contributed by atoms with Gasteiger partial charge in [-0.15, -0.1) is 0 Å². The predicted octanol–water partition coefficient (Wildman–Crippen LogP) is 2.38. The molecule has 2 heteroatoms. The van der Waals surface area contributed by atoms with Gasteiger partial charge in [0.2, 0.25) is 0 Å². The standard InChI is InChI=1S/C13H19NO/c1-9-5-4-6-11(15-3)12(9)13(7-8-13)10(2)14/h4-6,10H,7-8,14H2,1-3H3. The minimum absolute atomic E-state index is 0.177. The van der Waals surface area contributed by atoms with Crippen molar-refractivity contribution in [2.75, 3.05) is 7.11 Å². The molecule has 2 N–H and O–H groups in total. The SMILES string of the molecule is COc1cccc(C)c1C1(C(C)N)CC1. The molecule has 1 fully saturated rings. The van der Waals surface area contributed by atoms with E-state index in [1.807, 2.05) is 12.1 Å². The number of ether oxygens (including phenoxy) is 1. The third kappa shape index (κ3) is 1.53. The van der Waals surface area contributed by atoms with Gasteiger partial charge in [0.15, 0.2) is 0 Å². The Morgan fingerprint density at radius 1 is 1.40 bits per heavy atom. The molecule has 2 nitrogen and oxygen atoms in total. The van der Waals surface area contributed by atoms with Crippen molar-refractivity contribution in [1.82, 2.24) is 0 Å². The fourth-order valence-corrected chi connectivity index (χ4v) is 2.52. The van der Waals surface area contributed by atoms with Gasteiger partial charge in [-0.2, -0.15) is 0 Å². The van der Waals surface area contributed by atoms with Gasteiger partial charge in [0, 0.05) is 17.0 Å². The van der Waals surface area contributed by atoms with Gasteiger partial charge in [-0.25, -0.2) is 0 Å². The van der Waals surface area contributed by atoms with E-state index in [-0.39, 0.29) is 11.5 Å². The molecule has 82 valence electrons. The van der Waals surface area contributed by atoms with Gasteiger partial charge < -0.3 is 10.5 Å². The number of nitrogens with two attached hydrogens (primary N) is 1. The Labute approximate surface area is 91.4 Å². The molecule has 0 heterocycles. The minimum Gasteiger partial charge on any atom is -0.496 e. The first-order chi connectivity index (χ1) is 7.12. The molecule has 0 amide bonds. The quantitative estimate of drug-likeness (QED) is 0.822. The Hall–Kier alpha value is -1.02. The highest BCUT2D eigenvalue weighted by Crippen LogP contribution is 2.54. The van der Waals surface area contributed by atoms with E-state index in [2.05, 4.69) is 19.9 Å². The summed E-state index contributed by atoms with van der Waals surface area (Å²) in [5.41, 5.74) is 8.90. The summed E-state index contributed by atoms with van der Waals surface area (Å²) >= 11 is 0. The maximum absolute atomic E-state index is 6.10. The Kier molecular flexibility index (Phi) is 2.47. The number of hydrogen-bond acceptors (Lipinski definition) is 2. The van der Waals surface area contributed by atoms with Crippen molar-refractivity contribution in [2.45, 2.75) is 38.1 Å². The molecule has 1 aromatic rings. The summed E-state index contributed by atoms with van der Waals surface area (Å²) in [5, 5.41) is 0. The van der Waals surface area contributed by atoms with Gasteiger partial charge in [-0.3, -0.25) is 0 Å². The van der Waals surface area contributed by atoms with Crippen LogP contribution in [0.2, 0.25) is 0 Å². The van der Waals surface area contributed by atoms with E-state index in [0.717, 1.165) is 5.75 Å². The minimum atomic E-state index is 0.177. The average Bonchev–Trinajstić information content (AvgIpc) is 2.98. The highest BCUT2D eigenvalue weighted by atomic mass is 16.5. The summed E-state index contributed by atoms with van der Waals surface area (Å²) in [7, 11) is 1.73. The van der Waals surface area contributed by atoms with Crippen molar-refractivity contribution < 1.29 is 4.74 Å². The van der Waals surface area contributed by atoms with Crippen molar-refractivity contribution in [3.63, 3.8) is 0 Å². The van der Waals surface area contributed by atoms with E-state index >= 15 is 0 Å². The number of methoxy groups -OCH3 is 1. The van der Waals surface area contributed by atoms with E-state index in [0.29, 0.717) is 0 Å². The lowest BCUT2D eigenvalue weighted by Gasteiger charge is -2.24. The molecule has 0 aromatic heterocycles. The molecule has 0 radical (unpaired) electrons. The van der Waals surface area contributed by atoms with Crippen LogP contribution in [0.5, 0.6) is 5.75 Å². The van der Waals surface area contributed by atoms with Gasteiger partial charge in [-0.1, -0.05) is 12.1 Å². The second-order valence-electron chi connectivity index (χ2n) is 4.60. The van der Waals surface area contributed by atoms with E-state index in [9.17, 15) is 0 Å². The first kappa shape index (κ1) is 10.5. The Morgan fingerprint density at radius 3 is 2.53 bits per heavy atom. The predicted molar refractivity (Wildman–Crippen MR) is 62.3 cm³/mol. The number of aryl methyl sites for hydroxylation is 1. The van der Waals surface area contributed by atoms with Gasteiger partial charge >= 0.3 is 0 Å². The average molecular weight is 205 g/mol. The van der Waals surface area contributed by atoms with E-state index in [1.165, 1.54) is 24.0 Å². The lowest BCUT2D eigenvalue weighted by Crippen LogP contribution is -2.32. The molecular formula is C13H19NO. The second kappa shape index (κ2) is 3.53. The fourth-order valence-electron chi connectivity index (χ4n) is 2.52. The van der Waals surface area contributed by atoms with Crippen molar-refractivity contribution in [3.8, 4) is 5.75 Å². The number of hydrogen-bond donors (Lipinski definition) is 1. The van der Waals surface area contributed by atoms with Crippen LogP contribution in [0.1, 0.15) is 30.9 Å². The lowest BCUT2D eigenvalue weighted by molar-refractivity contribution is 0.397. The largest absolute Gasteiger partial charge is 0.496 e. The molecule has 0 bridgehead atoms. The smallest absolute Gasteiger partial charge is 0.122 e. The van der Waals surface area contributed by atoms with Crippen molar-refractivity contribution in [1.29, 1.82) is 0 Å². The first-order valence-electron chi connectivity index (χ1n) is 5.51. The van der Waals surface area contributed by atoms with E-state index < -0.39 is 0 Å². The molecule has 1 aromatic carbocycles. The molecule has 2 rings (SSSR count). The normalized spacial score (nSPS) is 19.7. The topological polar surface area (TPSA) is 35.2 Å². The van der Waals surface area contributed by atoms with Gasteiger partial charge in [0.1, 0.15) is 5.75 Å². The van der Waals surface area contributed by atoms with Crippen LogP contribution in [0.3, 0.4) is 0 Å². The zero-order valence-electron chi connectivity index (χ0n) is 9.71. The molecule has 1 saturated carbocycles. The van der Waals surface area contributed by atoms with Crippen LogP contribution in [0, 0.1) is 6.92 Å². The van der Waals surface area contributed by atoms with Crippen molar-refractivity contribution in [2.24, 2.45) is 5.73 Å². The molecule has 1 aliphatic carbocycles. The summed E-state index contributed by atoms with van der Waals surface area (Å²) in [6.07, 6.45) is 2.37. The molecule has 0 spiro atoms. The zero-order chi connectivity index (χ0) is 11.1. The second-order valence-corrected chi connectivity index (χ2v) is 4.60. The van der Waals surface area contributed by atoms with Crippen LogP contribution in [0.25, 0.3) is 0 Å². The van der Waals surface area contributed by atoms with Crippen LogP contribution in [0.4, 0.5) is 0 Å². The van der Waals surface area contributed by atoms with E-state index in [1.54, 1.807) is 7.11 Å². The molecule has 0 saturated heterocycles. The Morgan fingerprint density at radius 2 is 2.07 bits per heavy atom. The first-order valence-corrected chi connectivity index (χ1v) is 5.51. The van der Waals surface area contributed by atoms with Gasteiger partial charge in [-0.05, 0) is 38.3 Å². The summed E-state index contributed by atoms with van der Waals surface area (Å²) in [4.78, 5) is 0. The van der Waals surface area contributed by atoms with Crippen molar-refractivity contribution in [3.05, 3.63) is 29.3 Å². The van der Waals surface area contributed by atoms with Crippen LogP contribution in [-0.4, -0.2) is 13.2 Å². The highest BCUT2D eigenvalue weighted by Gasteiger charge is 2.49. The van der Waals surface area contributed by atoms with Crippen LogP contribution >= 0.6 is 0 Å². The Balaban J connectivity index is 2.51. The third-order valence-electron chi connectivity index (χ3n) is 3.61. The molecule has 0 aliphatic heterocycles. The fraction of sp³-hybridized carbons (Fsp3) is 0.538. The summed E-state index contributed by atoms with van der Waals surface area (Å²) in [6.45, 7) is 4.24. The van der Waals surface area contributed by atoms with Crippen molar-refractivity contribution >= 4 is 0 Å². The van der Waals surface area contributed by atoms with E-state index in [4.69, 9.17) is 10.5 Å². The van der Waals surface area contributed by atoms with Crippen LogP contribution in [0.15, 0.2) is 18.2 Å². The van der Waals surface area contributed by atoms with Crippen LogP contribution in [-0.2, 0) is 5.41 Å². The summed E-state index contributed by atoms with van der Waals surface area (Å²) in [6, 6.07) is 6.41. The van der Waals surface area contributed by atoms with Crippen LogP contribution < -0.4 is 10.5 Å².